The van der Waals surface area contributed by atoms with E-state index in [1.54, 1.807) is 0 Å². The first-order valence-electron chi connectivity index (χ1n) is 7.70. The molecule has 0 heterocycles. The summed E-state index contributed by atoms with van der Waals surface area (Å²) in [5.74, 6) is 5.99. The fraction of sp³-hybridized carbons (Fsp3) is 0.400. The van der Waals surface area contributed by atoms with Gasteiger partial charge in [0.25, 0.3) is 0 Å². The molecule has 0 saturated heterocycles. The zero-order valence-corrected chi connectivity index (χ0v) is 13.4. The molecule has 1 heteroatoms. The van der Waals surface area contributed by atoms with Crippen LogP contribution in [0, 0.1) is 17.3 Å². The van der Waals surface area contributed by atoms with Gasteiger partial charge in [-0.25, -0.2) is 0 Å². The third-order valence-corrected chi connectivity index (χ3v) is 4.21. The van der Waals surface area contributed by atoms with E-state index < -0.39 is 0 Å². The summed E-state index contributed by atoms with van der Waals surface area (Å²) in [5, 5.41) is 0. The maximum atomic E-state index is 5.42. The molecule has 1 aliphatic carbocycles. The van der Waals surface area contributed by atoms with Gasteiger partial charge in [-0.15, -0.1) is 0 Å². The molecule has 1 nitrogen and oxygen atoms in total. The molecule has 0 aliphatic heterocycles. The first-order chi connectivity index (χ1) is 10.0. The minimum atomic E-state index is 0.287. The van der Waals surface area contributed by atoms with Crippen LogP contribution in [0.3, 0.4) is 0 Å². The van der Waals surface area contributed by atoms with E-state index in [1.165, 1.54) is 36.0 Å². The molecule has 110 valence electrons. The minimum absolute atomic E-state index is 0.287. The highest BCUT2D eigenvalue weighted by Gasteiger charge is 2.26. The maximum Gasteiger partial charge on any atom is 0.0555 e. The van der Waals surface area contributed by atoms with Gasteiger partial charge in [-0.1, -0.05) is 55.5 Å². The van der Waals surface area contributed by atoms with E-state index in [1.807, 2.05) is 12.1 Å². The van der Waals surface area contributed by atoms with Gasteiger partial charge in [0, 0.05) is 5.56 Å². The SMILES string of the molecule is CC1=C(C=Cc2cccc(C#CCN)c2)C(C)(C)CCC1. The molecule has 0 radical (unpaired) electrons. The molecule has 0 fully saturated rings. The fourth-order valence-corrected chi connectivity index (χ4v) is 3.06. The number of hydrogen-bond donors (Lipinski definition) is 1. The Morgan fingerprint density at radius 1 is 1.29 bits per heavy atom. The summed E-state index contributed by atoms with van der Waals surface area (Å²) in [7, 11) is 0. The highest BCUT2D eigenvalue weighted by Crippen LogP contribution is 2.40. The molecule has 0 aromatic heterocycles. The quantitative estimate of drug-likeness (QED) is 0.790. The van der Waals surface area contributed by atoms with E-state index in [-0.39, 0.29) is 5.41 Å². The molecular weight excluding hydrogens is 254 g/mol. The average Bonchev–Trinajstić information content (AvgIpc) is 2.44. The lowest BCUT2D eigenvalue weighted by Gasteiger charge is -2.32. The van der Waals surface area contributed by atoms with Crippen molar-refractivity contribution in [3.8, 4) is 11.8 Å². The number of rotatable bonds is 2. The van der Waals surface area contributed by atoms with E-state index >= 15 is 0 Å². The number of nitrogens with two attached hydrogens (primary N) is 1. The maximum absolute atomic E-state index is 5.42. The molecule has 0 saturated carbocycles. The summed E-state index contributed by atoms with van der Waals surface area (Å²) < 4.78 is 0. The zero-order chi connectivity index (χ0) is 15.3. The summed E-state index contributed by atoms with van der Waals surface area (Å²) >= 11 is 0. The fourth-order valence-electron chi connectivity index (χ4n) is 3.06. The van der Waals surface area contributed by atoms with Crippen molar-refractivity contribution >= 4 is 6.08 Å². The van der Waals surface area contributed by atoms with Gasteiger partial charge in [-0.3, -0.25) is 0 Å². The minimum Gasteiger partial charge on any atom is -0.320 e. The lowest BCUT2D eigenvalue weighted by atomic mass is 9.72. The highest BCUT2D eigenvalue weighted by molar-refractivity contribution is 5.57. The molecular formula is C20H25N. The van der Waals surface area contributed by atoms with E-state index in [2.05, 4.69) is 56.9 Å². The van der Waals surface area contributed by atoms with E-state index in [4.69, 9.17) is 5.73 Å². The van der Waals surface area contributed by atoms with Crippen molar-refractivity contribution in [2.75, 3.05) is 6.54 Å². The Balaban J connectivity index is 2.25. The van der Waals surface area contributed by atoms with Crippen LogP contribution >= 0.6 is 0 Å². The zero-order valence-electron chi connectivity index (χ0n) is 13.4. The topological polar surface area (TPSA) is 26.0 Å². The van der Waals surface area contributed by atoms with Crippen LogP contribution in [-0.2, 0) is 0 Å². The lowest BCUT2D eigenvalue weighted by Crippen LogP contribution is -2.18. The molecule has 0 spiro atoms. The van der Waals surface area contributed by atoms with Crippen molar-refractivity contribution in [1.29, 1.82) is 0 Å². The first-order valence-corrected chi connectivity index (χ1v) is 7.70. The summed E-state index contributed by atoms with van der Waals surface area (Å²) in [6.45, 7) is 7.36. The largest absolute Gasteiger partial charge is 0.320 e. The molecule has 21 heavy (non-hydrogen) atoms. The summed E-state index contributed by atoms with van der Waals surface area (Å²) in [5.41, 5.74) is 11.0. The molecule has 1 aliphatic rings. The summed E-state index contributed by atoms with van der Waals surface area (Å²) in [6, 6.07) is 8.31. The smallest absolute Gasteiger partial charge is 0.0555 e. The number of allylic oxidation sites excluding steroid dienone is 3. The Bertz CT molecular complexity index is 621. The van der Waals surface area contributed by atoms with Crippen LogP contribution in [0.2, 0.25) is 0 Å². The van der Waals surface area contributed by atoms with Crippen molar-refractivity contribution in [2.45, 2.75) is 40.0 Å². The second-order valence-electron chi connectivity index (χ2n) is 6.40. The molecule has 2 N–H and O–H groups in total. The van der Waals surface area contributed by atoms with Gasteiger partial charge in [0.15, 0.2) is 0 Å². The molecule has 2 rings (SSSR count). The molecule has 1 aromatic rings. The Morgan fingerprint density at radius 3 is 2.81 bits per heavy atom. The first kappa shape index (κ1) is 15.6. The van der Waals surface area contributed by atoms with Crippen LogP contribution in [0.4, 0.5) is 0 Å². The van der Waals surface area contributed by atoms with Crippen LogP contribution in [0.5, 0.6) is 0 Å². The Hall–Kier alpha value is -1.78. The van der Waals surface area contributed by atoms with E-state index in [0.717, 1.165) is 5.56 Å². The van der Waals surface area contributed by atoms with E-state index in [9.17, 15) is 0 Å². The van der Waals surface area contributed by atoms with E-state index in [0.29, 0.717) is 6.54 Å². The molecule has 0 unspecified atom stereocenters. The van der Waals surface area contributed by atoms with Crippen LogP contribution in [0.25, 0.3) is 6.08 Å². The van der Waals surface area contributed by atoms with Crippen LogP contribution in [0.1, 0.15) is 51.2 Å². The predicted octanol–water partition coefficient (Wildman–Crippen LogP) is 4.54. The van der Waals surface area contributed by atoms with Crippen molar-refractivity contribution in [1.82, 2.24) is 0 Å². The van der Waals surface area contributed by atoms with Gasteiger partial charge in [0.1, 0.15) is 0 Å². The molecule has 1 aromatic carbocycles. The van der Waals surface area contributed by atoms with Crippen LogP contribution in [0.15, 0.2) is 41.5 Å². The van der Waals surface area contributed by atoms with Gasteiger partial charge in [0.2, 0.25) is 0 Å². The highest BCUT2D eigenvalue weighted by atomic mass is 14.5. The summed E-state index contributed by atoms with van der Waals surface area (Å²) in [4.78, 5) is 0. The van der Waals surface area contributed by atoms with Gasteiger partial charge in [0.05, 0.1) is 6.54 Å². The van der Waals surface area contributed by atoms with Crippen molar-refractivity contribution < 1.29 is 0 Å². The van der Waals surface area contributed by atoms with Crippen molar-refractivity contribution in [3.05, 3.63) is 52.6 Å². The molecule has 0 amide bonds. The van der Waals surface area contributed by atoms with Crippen molar-refractivity contribution in [2.24, 2.45) is 11.1 Å². The second-order valence-corrected chi connectivity index (χ2v) is 6.40. The Kier molecular flexibility index (Phi) is 5.04. The number of benzene rings is 1. The normalized spacial score (nSPS) is 17.7. The standard InChI is InChI=1S/C20H25N/c1-16-7-5-13-20(2,3)19(16)12-11-18-9-4-8-17(15-18)10-6-14-21/h4,8-9,11-12,15H,5,7,13-14,21H2,1-3H3. The van der Waals surface area contributed by atoms with Gasteiger partial charge < -0.3 is 5.73 Å². The third-order valence-electron chi connectivity index (χ3n) is 4.21. The summed E-state index contributed by atoms with van der Waals surface area (Å²) in [6.07, 6.45) is 8.31. The number of hydrogen-bond acceptors (Lipinski definition) is 1. The van der Waals surface area contributed by atoms with Gasteiger partial charge in [-0.05, 0) is 54.9 Å². The van der Waals surface area contributed by atoms with Crippen LogP contribution in [-0.4, -0.2) is 6.54 Å². The predicted molar refractivity (Wildman–Crippen MR) is 91.7 cm³/mol. The molecule has 0 bridgehead atoms. The lowest BCUT2D eigenvalue weighted by molar-refractivity contribution is 0.377. The third kappa shape index (κ3) is 4.09. The monoisotopic (exact) mass is 279 g/mol. The van der Waals surface area contributed by atoms with Gasteiger partial charge in [-0.2, -0.15) is 0 Å². The Morgan fingerprint density at radius 2 is 2.10 bits per heavy atom. The molecule has 0 atom stereocenters. The van der Waals surface area contributed by atoms with Crippen molar-refractivity contribution in [3.63, 3.8) is 0 Å². The average molecular weight is 279 g/mol. The Labute approximate surface area is 128 Å². The van der Waals surface area contributed by atoms with Crippen LogP contribution < -0.4 is 5.73 Å². The van der Waals surface area contributed by atoms with Gasteiger partial charge >= 0.3 is 0 Å². The second kappa shape index (κ2) is 6.78.